The highest BCUT2D eigenvalue weighted by Gasteiger charge is 2.37. The van der Waals surface area contributed by atoms with E-state index < -0.39 is 15.6 Å². The van der Waals surface area contributed by atoms with E-state index in [9.17, 15) is 13.5 Å². The van der Waals surface area contributed by atoms with Crippen LogP contribution in [0.25, 0.3) is 0 Å². The Morgan fingerprint density at radius 2 is 2.06 bits per heavy atom. The fraction of sp³-hybridized carbons (Fsp3) is 0.545. The van der Waals surface area contributed by atoms with Gasteiger partial charge in [-0.05, 0) is 25.0 Å². The van der Waals surface area contributed by atoms with Crippen LogP contribution >= 0.6 is 0 Å². The predicted molar refractivity (Wildman–Crippen MR) is 67.3 cm³/mol. The van der Waals surface area contributed by atoms with Gasteiger partial charge >= 0.3 is 0 Å². The summed E-state index contributed by atoms with van der Waals surface area (Å²) in [5.74, 6) is 0.270. The number of hydrogen-bond donors (Lipinski definition) is 3. The Hall–Kier alpha value is -1.18. The van der Waals surface area contributed by atoms with Gasteiger partial charge in [-0.25, -0.2) is 18.1 Å². The summed E-state index contributed by atoms with van der Waals surface area (Å²) in [4.78, 5) is 3.83. The number of nitrogen functional groups attached to an aromatic ring is 1. The van der Waals surface area contributed by atoms with Crippen molar-refractivity contribution in [2.75, 3.05) is 12.3 Å². The monoisotopic (exact) mass is 271 g/mol. The number of pyridine rings is 1. The molecule has 0 aromatic carbocycles. The van der Waals surface area contributed by atoms with Gasteiger partial charge in [0.1, 0.15) is 10.7 Å². The van der Waals surface area contributed by atoms with E-state index in [1.165, 1.54) is 18.3 Å². The molecule has 0 radical (unpaired) electrons. The van der Waals surface area contributed by atoms with Crippen molar-refractivity contribution in [3.05, 3.63) is 18.3 Å². The van der Waals surface area contributed by atoms with Gasteiger partial charge in [0, 0.05) is 6.20 Å². The summed E-state index contributed by atoms with van der Waals surface area (Å²) in [5, 5.41) is 9.41. The molecule has 18 heavy (non-hydrogen) atoms. The summed E-state index contributed by atoms with van der Waals surface area (Å²) in [6.45, 7) is -0.186. The summed E-state index contributed by atoms with van der Waals surface area (Å²) in [7, 11) is -3.66. The molecule has 0 unspecified atom stereocenters. The van der Waals surface area contributed by atoms with E-state index in [1.807, 2.05) is 0 Å². The second-order valence-corrected chi connectivity index (χ2v) is 6.35. The van der Waals surface area contributed by atoms with Gasteiger partial charge < -0.3 is 10.8 Å². The zero-order valence-electron chi connectivity index (χ0n) is 9.96. The molecular weight excluding hydrogens is 254 g/mol. The van der Waals surface area contributed by atoms with E-state index in [-0.39, 0.29) is 17.3 Å². The third-order valence-corrected chi connectivity index (χ3v) is 4.85. The van der Waals surface area contributed by atoms with Crippen molar-refractivity contribution in [3.8, 4) is 0 Å². The number of anilines is 1. The molecule has 1 aromatic heterocycles. The number of aliphatic hydroxyl groups is 1. The van der Waals surface area contributed by atoms with Gasteiger partial charge in [-0.2, -0.15) is 0 Å². The van der Waals surface area contributed by atoms with Gasteiger partial charge in [0.25, 0.3) is 0 Å². The van der Waals surface area contributed by atoms with Crippen LogP contribution in [0.1, 0.15) is 25.7 Å². The number of nitrogens with zero attached hydrogens (tertiary/aromatic N) is 1. The first-order valence-corrected chi connectivity index (χ1v) is 7.32. The number of nitrogens with two attached hydrogens (primary N) is 1. The van der Waals surface area contributed by atoms with E-state index in [0.29, 0.717) is 12.8 Å². The largest absolute Gasteiger partial charge is 0.394 e. The molecule has 1 aromatic rings. The third-order valence-electron chi connectivity index (χ3n) is 3.28. The Morgan fingerprint density at radius 3 is 2.56 bits per heavy atom. The van der Waals surface area contributed by atoms with Crippen LogP contribution in [0, 0.1) is 0 Å². The second kappa shape index (κ2) is 4.83. The number of sulfonamides is 1. The summed E-state index contributed by atoms with van der Waals surface area (Å²) in [5.41, 5.74) is 4.70. The predicted octanol–water partition coefficient (Wildman–Crippen LogP) is 0.247. The van der Waals surface area contributed by atoms with Crippen molar-refractivity contribution >= 4 is 15.8 Å². The molecule has 0 aliphatic heterocycles. The van der Waals surface area contributed by atoms with Crippen LogP contribution in [0.15, 0.2) is 23.2 Å². The third kappa shape index (κ3) is 2.63. The minimum absolute atomic E-state index is 0.0661. The van der Waals surface area contributed by atoms with Gasteiger partial charge in [-0.1, -0.05) is 12.8 Å². The first-order valence-electron chi connectivity index (χ1n) is 5.84. The van der Waals surface area contributed by atoms with Crippen molar-refractivity contribution in [2.24, 2.45) is 0 Å². The van der Waals surface area contributed by atoms with E-state index >= 15 is 0 Å². The number of aliphatic hydroxyl groups excluding tert-OH is 1. The fourth-order valence-corrected chi connectivity index (χ4v) is 3.63. The van der Waals surface area contributed by atoms with E-state index in [0.717, 1.165) is 12.8 Å². The van der Waals surface area contributed by atoms with E-state index in [4.69, 9.17) is 5.73 Å². The van der Waals surface area contributed by atoms with Crippen LogP contribution < -0.4 is 10.5 Å². The highest BCUT2D eigenvalue weighted by Crippen LogP contribution is 2.30. The quantitative estimate of drug-likeness (QED) is 0.728. The molecule has 0 spiro atoms. The van der Waals surface area contributed by atoms with Crippen molar-refractivity contribution in [1.82, 2.24) is 9.71 Å². The highest BCUT2D eigenvalue weighted by molar-refractivity contribution is 7.89. The smallest absolute Gasteiger partial charge is 0.242 e. The lowest BCUT2D eigenvalue weighted by molar-refractivity contribution is 0.185. The summed E-state index contributed by atoms with van der Waals surface area (Å²) in [6, 6.07) is 2.85. The molecular formula is C11H17N3O3S. The number of nitrogens with one attached hydrogen (secondary N) is 1. The standard InChI is InChI=1S/C11H17N3O3S/c12-10-4-3-9(7-13-10)18(16,17)14-11(8-15)5-1-2-6-11/h3-4,7,14-15H,1-2,5-6,8H2,(H2,12,13). The second-order valence-electron chi connectivity index (χ2n) is 4.67. The van der Waals surface area contributed by atoms with E-state index in [1.54, 1.807) is 0 Å². The number of aromatic nitrogens is 1. The molecule has 4 N–H and O–H groups in total. The van der Waals surface area contributed by atoms with Crippen LogP contribution in [-0.2, 0) is 10.0 Å². The SMILES string of the molecule is Nc1ccc(S(=O)(=O)NC2(CO)CCCC2)cn1. The Kier molecular flexibility index (Phi) is 3.56. The first kappa shape index (κ1) is 13.3. The first-order chi connectivity index (χ1) is 8.47. The average Bonchev–Trinajstić information content (AvgIpc) is 2.78. The molecule has 0 atom stereocenters. The van der Waals surface area contributed by atoms with Gasteiger partial charge in [0.05, 0.1) is 12.1 Å². The summed E-state index contributed by atoms with van der Waals surface area (Å²) in [6.07, 6.45) is 4.38. The van der Waals surface area contributed by atoms with Crippen molar-refractivity contribution in [1.29, 1.82) is 0 Å². The lowest BCUT2D eigenvalue weighted by atomic mass is 10.0. The molecule has 1 heterocycles. The van der Waals surface area contributed by atoms with Crippen LogP contribution in [0.4, 0.5) is 5.82 Å². The minimum atomic E-state index is -3.66. The normalized spacial score (nSPS) is 18.9. The Bertz CT molecular complexity index is 507. The van der Waals surface area contributed by atoms with Crippen molar-refractivity contribution in [2.45, 2.75) is 36.1 Å². The Balaban J connectivity index is 2.24. The maximum atomic E-state index is 12.2. The molecule has 6 nitrogen and oxygen atoms in total. The summed E-state index contributed by atoms with van der Waals surface area (Å²) >= 11 is 0. The van der Waals surface area contributed by atoms with Crippen LogP contribution in [0.3, 0.4) is 0 Å². The molecule has 7 heteroatoms. The zero-order chi connectivity index (χ0) is 13.2. The molecule has 0 saturated heterocycles. The van der Waals surface area contributed by atoms with Crippen molar-refractivity contribution in [3.63, 3.8) is 0 Å². The Morgan fingerprint density at radius 1 is 1.39 bits per heavy atom. The highest BCUT2D eigenvalue weighted by atomic mass is 32.2. The van der Waals surface area contributed by atoms with Gasteiger partial charge in [0.15, 0.2) is 0 Å². The molecule has 100 valence electrons. The molecule has 0 bridgehead atoms. The topological polar surface area (TPSA) is 105 Å². The average molecular weight is 271 g/mol. The molecule has 0 amide bonds. The van der Waals surface area contributed by atoms with Gasteiger partial charge in [-0.15, -0.1) is 0 Å². The van der Waals surface area contributed by atoms with E-state index in [2.05, 4.69) is 9.71 Å². The molecule has 1 aliphatic carbocycles. The van der Waals surface area contributed by atoms with Crippen molar-refractivity contribution < 1.29 is 13.5 Å². The van der Waals surface area contributed by atoms with Crippen LogP contribution in [-0.4, -0.2) is 30.7 Å². The minimum Gasteiger partial charge on any atom is -0.394 e. The lowest BCUT2D eigenvalue weighted by Gasteiger charge is -2.27. The fourth-order valence-electron chi connectivity index (χ4n) is 2.24. The summed E-state index contributed by atoms with van der Waals surface area (Å²) < 4.78 is 26.9. The molecule has 1 fully saturated rings. The number of rotatable bonds is 4. The molecule has 2 rings (SSSR count). The molecule has 1 aliphatic rings. The Labute approximate surface area is 106 Å². The van der Waals surface area contributed by atoms with Crippen LogP contribution in [0.5, 0.6) is 0 Å². The molecule has 1 saturated carbocycles. The number of hydrogen-bond acceptors (Lipinski definition) is 5. The van der Waals surface area contributed by atoms with Crippen LogP contribution in [0.2, 0.25) is 0 Å². The maximum Gasteiger partial charge on any atom is 0.242 e. The lowest BCUT2D eigenvalue weighted by Crippen LogP contribution is -2.49. The van der Waals surface area contributed by atoms with Gasteiger partial charge in [0.2, 0.25) is 10.0 Å². The zero-order valence-corrected chi connectivity index (χ0v) is 10.8. The van der Waals surface area contributed by atoms with Gasteiger partial charge in [-0.3, -0.25) is 0 Å². The maximum absolute atomic E-state index is 12.2.